The van der Waals surface area contributed by atoms with E-state index in [1.54, 1.807) is 36.9 Å². The Hall–Kier alpha value is -3.83. The maximum atomic E-state index is 13.4. The molecule has 1 aromatic heterocycles. The monoisotopic (exact) mass is 511 g/mol. The fourth-order valence-corrected chi connectivity index (χ4v) is 5.16. The molecular weight excluding hydrogens is 490 g/mol. The number of methoxy groups -OCH3 is 2. The Morgan fingerprint density at radius 1 is 1.09 bits per heavy atom. The van der Waals surface area contributed by atoms with E-state index >= 15 is 0 Å². The van der Waals surface area contributed by atoms with E-state index in [-0.39, 0.29) is 37.5 Å². The molecule has 2 heterocycles. The molecule has 3 aromatic rings. The number of aromatic carboxylic acids is 1. The van der Waals surface area contributed by atoms with Gasteiger partial charge in [0, 0.05) is 7.05 Å². The van der Waals surface area contributed by atoms with E-state index in [0.29, 0.717) is 11.4 Å². The van der Waals surface area contributed by atoms with E-state index in [9.17, 15) is 19.5 Å². The highest BCUT2D eigenvalue weighted by molar-refractivity contribution is 8.27. The van der Waals surface area contributed by atoms with Gasteiger partial charge < -0.3 is 14.6 Å². The summed E-state index contributed by atoms with van der Waals surface area (Å²) >= 11 is 6.45. The first-order valence-electron chi connectivity index (χ1n) is 10.3. The molecule has 1 aliphatic rings. The van der Waals surface area contributed by atoms with Gasteiger partial charge >= 0.3 is 5.97 Å². The van der Waals surface area contributed by atoms with Crippen molar-refractivity contribution >= 4 is 51.9 Å². The Morgan fingerprint density at radius 2 is 1.77 bits per heavy atom. The summed E-state index contributed by atoms with van der Waals surface area (Å²) in [7, 11) is 4.46. The second-order valence-corrected chi connectivity index (χ2v) is 9.17. The molecule has 11 heteroatoms. The van der Waals surface area contributed by atoms with Crippen LogP contribution < -0.4 is 19.9 Å². The molecular formula is C24H21N3O6S2. The number of ether oxygens (including phenoxy) is 2. The molecule has 0 atom stereocenters. The number of thiocarbonyl (C=S) groups is 1. The minimum Gasteiger partial charge on any atom is -0.493 e. The van der Waals surface area contributed by atoms with Gasteiger partial charge in [-0.25, -0.2) is 9.48 Å². The minimum atomic E-state index is -1.24. The second-order valence-electron chi connectivity index (χ2n) is 7.50. The lowest BCUT2D eigenvalue weighted by molar-refractivity contribution is -0.113. The van der Waals surface area contributed by atoms with Crippen LogP contribution in [-0.2, 0) is 11.8 Å². The molecule has 0 unspecified atom stereocenters. The van der Waals surface area contributed by atoms with Crippen molar-refractivity contribution in [2.24, 2.45) is 7.05 Å². The van der Waals surface area contributed by atoms with Crippen molar-refractivity contribution in [1.82, 2.24) is 9.36 Å². The van der Waals surface area contributed by atoms with E-state index in [0.717, 1.165) is 11.8 Å². The average molecular weight is 512 g/mol. The number of hydrogen-bond donors (Lipinski definition) is 1. The zero-order valence-corrected chi connectivity index (χ0v) is 20.9. The largest absolute Gasteiger partial charge is 0.493 e. The van der Waals surface area contributed by atoms with E-state index in [1.165, 1.54) is 35.9 Å². The van der Waals surface area contributed by atoms with Crippen molar-refractivity contribution < 1.29 is 24.2 Å². The summed E-state index contributed by atoms with van der Waals surface area (Å²) in [6, 6.07) is 12.1. The third-order valence-corrected chi connectivity index (χ3v) is 6.92. The summed E-state index contributed by atoms with van der Waals surface area (Å²) in [5.41, 5.74) is 1.03. The van der Waals surface area contributed by atoms with Gasteiger partial charge in [-0.2, -0.15) is 0 Å². The Kier molecular flexibility index (Phi) is 6.55. The van der Waals surface area contributed by atoms with E-state index in [4.69, 9.17) is 21.7 Å². The van der Waals surface area contributed by atoms with Gasteiger partial charge in [-0.1, -0.05) is 48.2 Å². The van der Waals surface area contributed by atoms with Gasteiger partial charge in [0.05, 0.1) is 30.5 Å². The number of hydrogen-bond acceptors (Lipinski definition) is 7. The smallest absolute Gasteiger partial charge is 0.340 e. The van der Waals surface area contributed by atoms with Crippen molar-refractivity contribution in [3.63, 3.8) is 0 Å². The number of benzene rings is 2. The van der Waals surface area contributed by atoms with Crippen molar-refractivity contribution in [3.8, 4) is 17.2 Å². The Morgan fingerprint density at radius 3 is 2.37 bits per heavy atom. The maximum Gasteiger partial charge on any atom is 0.340 e. The third-order valence-electron chi connectivity index (χ3n) is 5.62. The predicted octanol–water partition coefficient (Wildman–Crippen LogP) is 3.61. The summed E-state index contributed by atoms with van der Waals surface area (Å²) in [5, 5.41) is 9.79. The number of amides is 1. The number of carbonyl (C=O) groups is 2. The molecule has 4 rings (SSSR count). The van der Waals surface area contributed by atoms with Crippen molar-refractivity contribution in [2.75, 3.05) is 19.1 Å². The summed E-state index contributed by atoms with van der Waals surface area (Å²) < 4.78 is 13.7. The van der Waals surface area contributed by atoms with Gasteiger partial charge in [0.15, 0.2) is 15.8 Å². The van der Waals surface area contributed by atoms with Crippen LogP contribution in [0.5, 0.6) is 11.5 Å². The van der Waals surface area contributed by atoms with Crippen LogP contribution in [-0.4, -0.2) is 44.9 Å². The number of rotatable bonds is 6. The molecule has 0 spiro atoms. The predicted molar refractivity (Wildman–Crippen MR) is 138 cm³/mol. The molecule has 0 radical (unpaired) electrons. The molecule has 180 valence electrons. The quantitative estimate of drug-likeness (QED) is 0.396. The zero-order valence-electron chi connectivity index (χ0n) is 19.3. The average Bonchev–Trinajstić information content (AvgIpc) is 3.23. The molecule has 1 amide bonds. The summed E-state index contributed by atoms with van der Waals surface area (Å²) in [5.74, 6) is -1.48. The van der Waals surface area contributed by atoms with E-state index in [1.807, 2.05) is 18.2 Å². The summed E-state index contributed by atoms with van der Waals surface area (Å²) in [4.78, 5) is 40.2. The van der Waals surface area contributed by atoms with E-state index in [2.05, 4.69) is 0 Å². The molecule has 1 aliphatic heterocycles. The van der Waals surface area contributed by atoms with Gasteiger partial charge in [0.25, 0.3) is 11.5 Å². The fourth-order valence-electron chi connectivity index (χ4n) is 3.90. The summed E-state index contributed by atoms with van der Waals surface area (Å²) in [6.45, 7) is 1.73. The van der Waals surface area contributed by atoms with Crippen LogP contribution in [0.15, 0.2) is 52.2 Å². The molecule has 1 saturated heterocycles. The van der Waals surface area contributed by atoms with Gasteiger partial charge in [0.2, 0.25) is 0 Å². The lowest BCUT2D eigenvalue weighted by Crippen LogP contribution is -2.33. The normalized spacial score (nSPS) is 14.6. The number of aromatic nitrogens is 2. The molecule has 0 aliphatic carbocycles. The number of carboxylic acid groups (broad SMARTS) is 1. The molecule has 1 N–H and O–H groups in total. The van der Waals surface area contributed by atoms with Gasteiger partial charge in [-0.05, 0) is 36.8 Å². The van der Waals surface area contributed by atoms with Crippen LogP contribution in [0.25, 0.3) is 11.8 Å². The van der Waals surface area contributed by atoms with Gasteiger partial charge in [0.1, 0.15) is 11.3 Å². The van der Waals surface area contributed by atoms with Crippen molar-refractivity contribution in [3.05, 3.63) is 74.5 Å². The molecule has 1 fully saturated rings. The second kappa shape index (κ2) is 9.43. The first-order valence-corrected chi connectivity index (χ1v) is 11.5. The molecule has 2 aromatic carbocycles. The standard InChI is InChI=1S/C24H21N3O6S2/c1-13-19(22(29)27(25(13)2)15-8-6-5-7-9-15)26-21(28)17(35-24(26)34)12-14-10-11-16(32-3)20(33-4)18(14)23(30)31/h5-12H,1-4H3,(H,30,31). The topological polar surface area (TPSA) is 103 Å². The number of carbonyl (C=O) groups excluding carboxylic acids is 1. The number of para-hydroxylation sites is 1. The van der Waals surface area contributed by atoms with Crippen LogP contribution in [0.3, 0.4) is 0 Å². The zero-order chi connectivity index (χ0) is 25.4. The molecule has 0 bridgehead atoms. The number of thioether (sulfide) groups is 1. The Bertz CT molecular complexity index is 1460. The molecule has 35 heavy (non-hydrogen) atoms. The first-order chi connectivity index (χ1) is 16.7. The summed E-state index contributed by atoms with van der Waals surface area (Å²) in [6.07, 6.45) is 1.43. The number of nitrogens with zero attached hydrogens (tertiary/aromatic N) is 3. The molecule has 0 saturated carbocycles. The van der Waals surface area contributed by atoms with Crippen LogP contribution in [0.2, 0.25) is 0 Å². The lowest BCUT2D eigenvalue weighted by Gasteiger charge is -2.13. The van der Waals surface area contributed by atoms with Gasteiger partial charge in [-0.3, -0.25) is 19.2 Å². The lowest BCUT2D eigenvalue weighted by atomic mass is 10.0. The van der Waals surface area contributed by atoms with E-state index < -0.39 is 17.4 Å². The highest BCUT2D eigenvalue weighted by Crippen LogP contribution is 2.39. The number of carboxylic acids is 1. The molecule has 9 nitrogen and oxygen atoms in total. The highest BCUT2D eigenvalue weighted by atomic mass is 32.2. The van der Waals surface area contributed by atoms with Crippen LogP contribution >= 0.6 is 24.0 Å². The minimum absolute atomic E-state index is 0.0360. The maximum absolute atomic E-state index is 13.4. The Labute approximate surface area is 210 Å². The first kappa shape index (κ1) is 24.3. The van der Waals surface area contributed by atoms with Crippen LogP contribution in [0.4, 0.5) is 5.69 Å². The fraction of sp³-hybridized carbons (Fsp3) is 0.167. The Balaban J connectivity index is 1.82. The SMILES string of the molecule is COc1ccc(C=C2SC(=S)N(c3c(C)n(C)n(-c4ccccc4)c3=O)C2=O)c(C(=O)O)c1OC. The van der Waals surface area contributed by atoms with Gasteiger partial charge in [-0.15, -0.1) is 0 Å². The van der Waals surface area contributed by atoms with Crippen molar-refractivity contribution in [1.29, 1.82) is 0 Å². The van der Waals surface area contributed by atoms with Crippen molar-refractivity contribution in [2.45, 2.75) is 6.92 Å². The highest BCUT2D eigenvalue weighted by Gasteiger charge is 2.38. The van der Waals surface area contributed by atoms with Crippen LogP contribution in [0, 0.1) is 6.92 Å². The third kappa shape index (κ3) is 4.02. The van der Waals surface area contributed by atoms with Crippen LogP contribution in [0.1, 0.15) is 21.6 Å². The number of anilines is 1.